The molecule has 29 heavy (non-hydrogen) atoms. The third-order valence-corrected chi connectivity index (χ3v) is 11.2. The zero-order valence-corrected chi connectivity index (χ0v) is 19.9. The van der Waals surface area contributed by atoms with E-state index in [9.17, 15) is 8.42 Å². The average Bonchev–Trinajstić information content (AvgIpc) is 2.67. The van der Waals surface area contributed by atoms with Gasteiger partial charge < -0.3 is 0 Å². The molecule has 0 aliphatic rings. The summed E-state index contributed by atoms with van der Waals surface area (Å²) in [4.78, 5) is 0.175. The van der Waals surface area contributed by atoms with Crippen LogP contribution in [0.5, 0.6) is 5.75 Å². The Balaban J connectivity index is 1.95. The Bertz CT molecular complexity index is 1040. The van der Waals surface area contributed by atoms with Gasteiger partial charge in [0.05, 0.1) is 0 Å². The van der Waals surface area contributed by atoms with Crippen LogP contribution in [0.1, 0.15) is 26.3 Å². The van der Waals surface area contributed by atoms with E-state index in [0.717, 1.165) is 18.5 Å². The van der Waals surface area contributed by atoms with E-state index in [2.05, 4.69) is 0 Å². The van der Waals surface area contributed by atoms with Crippen LogP contribution in [0.4, 0.5) is 0 Å². The summed E-state index contributed by atoms with van der Waals surface area (Å²) in [6, 6.07) is 23.8. The van der Waals surface area contributed by atoms with E-state index in [4.69, 9.17) is 7.25 Å². The molecule has 0 saturated carbocycles. The molecule has 3 aromatic rings. The van der Waals surface area contributed by atoms with E-state index in [1.165, 1.54) is 0 Å². The van der Waals surface area contributed by atoms with Crippen LogP contribution in [0, 0.1) is 14.1 Å². The van der Waals surface area contributed by atoms with Gasteiger partial charge in [0.15, 0.2) is 0 Å². The number of hydrogen-bond acceptors (Lipinski definition) is 4. The number of aryl methyl sites for hydroxylation is 1. The molecule has 0 spiro atoms. The first-order valence-corrected chi connectivity index (χ1v) is 13.6. The minimum atomic E-state index is -3.87. The molecular weight excluding hydrogens is 499 g/mol. The first-order valence-electron chi connectivity index (χ1n) is 9.20. The molecule has 0 radical (unpaired) electrons. The molecule has 0 N–H and O–H groups in total. The number of rotatable bonds is 6. The molecule has 0 bridgehead atoms. The summed E-state index contributed by atoms with van der Waals surface area (Å²) in [5.41, 5.74) is 0.696. The van der Waals surface area contributed by atoms with E-state index >= 15 is 0 Å². The van der Waals surface area contributed by atoms with Crippen molar-refractivity contribution in [3.8, 4) is 5.75 Å². The quantitative estimate of drug-likeness (QED) is 0.369. The number of ether oxygens (including phenoxy) is 1. The summed E-state index contributed by atoms with van der Waals surface area (Å²) >= 11 is -2.69. The molecule has 0 atom stereocenters. The van der Waals surface area contributed by atoms with Crippen molar-refractivity contribution in [2.24, 2.45) is 0 Å². The van der Waals surface area contributed by atoms with Crippen molar-refractivity contribution in [2.45, 2.75) is 38.2 Å². The summed E-state index contributed by atoms with van der Waals surface area (Å²) < 4.78 is 39.4. The van der Waals surface area contributed by atoms with Gasteiger partial charge in [-0.2, -0.15) is 0 Å². The van der Waals surface area contributed by atoms with Gasteiger partial charge in [-0.05, 0) is 0 Å². The maximum absolute atomic E-state index is 12.9. The summed E-state index contributed by atoms with van der Waals surface area (Å²) in [6.45, 7) is 7.88. The first-order chi connectivity index (χ1) is 13.6. The molecule has 0 unspecified atom stereocenters. The monoisotopic (exact) mass is 524 g/mol. The Morgan fingerprint density at radius 2 is 1.31 bits per heavy atom. The van der Waals surface area contributed by atoms with Gasteiger partial charge in [-0.1, -0.05) is 0 Å². The predicted octanol–water partition coefficient (Wildman–Crippen LogP) is 6.04. The van der Waals surface area contributed by atoms with Crippen LogP contribution in [-0.4, -0.2) is 14.0 Å². The molecule has 0 amide bonds. The van der Waals surface area contributed by atoms with Crippen molar-refractivity contribution in [2.75, 3.05) is 0 Å². The van der Waals surface area contributed by atoms with Crippen LogP contribution >= 0.6 is 20.2 Å². The van der Waals surface area contributed by atoms with Crippen LogP contribution in [0.2, 0.25) is 0 Å². The van der Waals surface area contributed by atoms with Crippen LogP contribution in [0.3, 0.4) is 0 Å². The topological polar surface area (TPSA) is 52.6 Å². The third-order valence-electron chi connectivity index (χ3n) is 3.82. The van der Waals surface area contributed by atoms with Crippen molar-refractivity contribution in [1.29, 1.82) is 0 Å². The van der Waals surface area contributed by atoms with Gasteiger partial charge in [-0.15, -0.1) is 0 Å². The number of benzene rings is 3. The maximum atomic E-state index is 12.9. The molecule has 6 heteroatoms. The second kappa shape index (κ2) is 8.85. The Hall–Kier alpha value is -1.90. The van der Waals surface area contributed by atoms with Gasteiger partial charge in [0.2, 0.25) is 0 Å². The summed E-state index contributed by atoms with van der Waals surface area (Å²) in [5.74, 6) is 0.742. The second-order valence-electron chi connectivity index (χ2n) is 7.54. The standard InChI is InChI=1S/C23H25IO4S/c1-18-10-16-22(17-11-18)29(25,26)28-24(19-8-6-5-7-9-19)20-12-14-21(15-13-20)27-23(2,3)4/h5-17H,1-4H3. The molecule has 0 aliphatic heterocycles. The SMILES string of the molecule is Cc1ccc(S(=O)(=O)OI(c2ccccc2)c2ccc(OC(C)(C)C)cc2)cc1. The summed E-state index contributed by atoms with van der Waals surface area (Å²) in [6.07, 6.45) is 0. The van der Waals surface area contributed by atoms with Gasteiger partial charge in [0.1, 0.15) is 0 Å². The van der Waals surface area contributed by atoms with E-state index in [0.29, 0.717) is 0 Å². The minimum absolute atomic E-state index is 0.175. The van der Waals surface area contributed by atoms with E-state index in [-0.39, 0.29) is 10.5 Å². The molecule has 154 valence electrons. The molecule has 3 aromatic carbocycles. The molecule has 0 saturated heterocycles. The predicted molar refractivity (Wildman–Crippen MR) is 124 cm³/mol. The summed E-state index contributed by atoms with van der Waals surface area (Å²) in [7, 11) is -3.87. The second-order valence-corrected chi connectivity index (χ2v) is 14.0. The fourth-order valence-corrected chi connectivity index (χ4v) is 9.47. The van der Waals surface area contributed by atoms with Gasteiger partial charge in [0.25, 0.3) is 0 Å². The van der Waals surface area contributed by atoms with Crippen LogP contribution in [0.25, 0.3) is 0 Å². The fraction of sp³-hybridized carbons (Fsp3) is 0.217. The van der Waals surface area contributed by atoms with Crippen molar-refractivity contribution < 1.29 is 15.7 Å². The van der Waals surface area contributed by atoms with Gasteiger partial charge in [-0.25, -0.2) is 0 Å². The van der Waals surface area contributed by atoms with Crippen LogP contribution in [0.15, 0.2) is 83.8 Å². The van der Waals surface area contributed by atoms with Crippen LogP contribution in [-0.2, 0) is 12.6 Å². The zero-order valence-electron chi connectivity index (χ0n) is 16.9. The Morgan fingerprint density at radius 1 is 0.759 bits per heavy atom. The van der Waals surface area contributed by atoms with Crippen molar-refractivity contribution in [1.82, 2.24) is 0 Å². The van der Waals surface area contributed by atoms with Crippen molar-refractivity contribution >= 4 is 30.4 Å². The molecule has 0 fully saturated rings. The fourth-order valence-electron chi connectivity index (χ4n) is 2.52. The average molecular weight is 524 g/mol. The van der Waals surface area contributed by atoms with Crippen LogP contribution < -0.4 is 4.74 Å². The van der Waals surface area contributed by atoms with E-state index in [1.54, 1.807) is 24.3 Å². The summed E-state index contributed by atoms with van der Waals surface area (Å²) in [5, 5.41) is 0. The van der Waals surface area contributed by atoms with Crippen molar-refractivity contribution in [3.05, 3.63) is 91.6 Å². The van der Waals surface area contributed by atoms with E-state index in [1.807, 2.05) is 82.3 Å². The van der Waals surface area contributed by atoms with E-state index < -0.39 is 30.4 Å². The molecule has 3 rings (SSSR count). The first kappa shape index (κ1) is 21.8. The number of halogens is 1. The molecule has 4 nitrogen and oxygen atoms in total. The zero-order chi connectivity index (χ0) is 21.1. The molecule has 0 aliphatic carbocycles. The third kappa shape index (κ3) is 6.04. The van der Waals surface area contributed by atoms with Gasteiger partial charge in [0, 0.05) is 0 Å². The van der Waals surface area contributed by atoms with Gasteiger partial charge >= 0.3 is 182 Å². The molecule has 0 aromatic heterocycles. The molecule has 0 heterocycles. The number of hydrogen-bond donors (Lipinski definition) is 0. The normalized spacial score (nSPS) is 12.5. The van der Waals surface area contributed by atoms with Gasteiger partial charge in [-0.3, -0.25) is 0 Å². The van der Waals surface area contributed by atoms with Crippen molar-refractivity contribution in [3.63, 3.8) is 0 Å². The Morgan fingerprint density at radius 3 is 1.86 bits per heavy atom. The Kier molecular flexibility index (Phi) is 6.65. The Labute approximate surface area is 180 Å². The molecular formula is C23H25IO4S.